The van der Waals surface area contributed by atoms with Crippen LogP contribution in [-0.4, -0.2) is 18.2 Å². The average molecular weight is 372 g/mol. The number of halogens is 2. The van der Waals surface area contributed by atoms with Crippen molar-refractivity contribution in [2.45, 2.75) is 6.61 Å². The van der Waals surface area contributed by atoms with E-state index in [4.69, 9.17) is 26.2 Å². The van der Waals surface area contributed by atoms with Crippen LogP contribution in [0.25, 0.3) is 0 Å². The third-order valence-electron chi connectivity index (χ3n) is 2.80. The van der Waals surface area contributed by atoms with Crippen LogP contribution >= 0.6 is 27.5 Å². The average Bonchev–Trinajstić information content (AvgIpc) is 2.44. The number of carboxylic acids is 1. The molecule has 0 radical (unpaired) electrons. The lowest BCUT2D eigenvalue weighted by Gasteiger charge is -2.11. The smallest absolute Gasteiger partial charge is 0.341 e. The minimum atomic E-state index is -1.12. The molecule has 0 fully saturated rings. The van der Waals surface area contributed by atoms with Crippen LogP contribution in [0.2, 0.25) is 5.02 Å². The van der Waals surface area contributed by atoms with Crippen molar-refractivity contribution in [3.05, 3.63) is 57.0 Å². The van der Waals surface area contributed by atoms with E-state index in [0.717, 1.165) is 10.0 Å². The van der Waals surface area contributed by atoms with Gasteiger partial charge in [0.2, 0.25) is 0 Å². The number of hydrogen-bond donors (Lipinski definition) is 1. The lowest BCUT2D eigenvalue weighted by Crippen LogP contribution is -2.04. The summed E-state index contributed by atoms with van der Waals surface area (Å²) in [4.78, 5) is 11.2. The number of ether oxygens (including phenoxy) is 2. The standard InChI is InChI=1S/C15H12BrClO4/c1-20-12-6-5-9(7-10(12)16)8-21-13-4-2-3-11(17)14(13)15(18)19/h2-7H,8H2,1H3,(H,18,19). The molecular formula is C15H12BrClO4. The monoisotopic (exact) mass is 370 g/mol. The van der Waals surface area contributed by atoms with Gasteiger partial charge in [-0.15, -0.1) is 0 Å². The topological polar surface area (TPSA) is 55.8 Å². The van der Waals surface area contributed by atoms with Gasteiger partial charge in [-0.05, 0) is 45.8 Å². The maximum atomic E-state index is 11.2. The summed E-state index contributed by atoms with van der Waals surface area (Å²) >= 11 is 9.27. The quantitative estimate of drug-likeness (QED) is 0.847. The van der Waals surface area contributed by atoms with Gasteiger partial charge in [0.05, 0.1) is 16.6 Å². The molecule has 0 heterocycles. The first-order valence-corrected chi connectivity index (χ1v) is 7.17. The van der Waals surface area contributed by atoms with Crippen molar-refractivity contribution in [1.29, 1.82) is 0 Å². The van der Waals surface area contributed by atoms with Crippen molar-refractivity contribution in [3.63, 3.8) is 0 Å². The van der Waals surface area contributed by atoms with E-state index in [1.165, 1.54) is 6.07 Å². The SMILES string of the molecule is COc1ccc(COc2cccc(Cl)c2C(=O)O)cc1Br. The molecule has 0 atom stereocenters. The summed E-state index contributed by atoms with van der Waals surface area (Å²) in [6.45, 7) is 0.225. The molecule has 0 unspecified atom stereocenters. The molecule has 0 amide bonds. The van der Waals surface area contributed by atoms with Gasteiger partial charge in [-0.25, -0.2) is 4.79 Å². The summed E-state index contributed by atoms with van der Waals surface area (Å²) in [5.74, 6) is -0.166. The molecule has 2 rings (SSSR count). The maximum Gasteiger partial charge on any atom is 0.341 e. The highest BCUT2D eigenvalue weighted by molar-refractivity contribution is 9.10. The molecular weight excluding hydrogens is 360 g/mol. The van der Waals surface area contributed by atoms with Gasteiger partial charge in [0.15, 0.2) is 0 Å². The normalized spacial score (nSPS) is 10.2. The highest BCUT2D eigenvalue weighted by atomic mass is 79.9. The highest BCUT2D eigenvalue weighted by Crippen LogP contribution is 2.29. The summed E-state index contributed by atoms with van der Waals surface area (Å²) in [5, 5.41) is 9.32. The number of aromatic carboxylic acids is 1. The summed E-state index contributed by atoms with van der Waals surface area (Å²) in [6.07, 6.45) is 0. The second-order valence-electron chi connectivity index (χ2n) is 4.18. The number of hydrogen-bond acceptors (Lipinski definition) is 3. The molecule has 0 bridgehead atoms. The van der Waals surface area contributed by atoms with E-state index in [2.05, 4.69) is 15.9 Å². The zero-order valence-corrected chi connectivity index (χ0v) is 13.4. The molecule has 21 heavy (non-hydrogen) atoms. The Morgan fingerprint density at radius 2 is 2.05 bits per heavy atom. The summed E-state index contributed by atoms with van der Waals surface area (Å²) in [6, 6.07) is 10.2. The van der Waals surface area contributed by atoms with Crippen LogP contribution in [0.3, 0.4) is 0 Å². The van der Waals surface area contributed by atoms with Crippen LogP contribution in [0.15, 0.2) is 40.9 Å². The van der Waals surface area contributed by atoms with E-state index in [-0.39, 0.29) is 22.9 Å². The first-order valence-electron chi connectivity index (χ1n) is 6.00. The Kier molecular flexibility index (Phi) is 5.09. The fourth-order valence-corrected chi connectivity index (χ4v) is 2.63. The van der Waals surface area contributed by atoms with Crippen LogP contribution in [0, 0.1) is 0 Å². The fraction of sp³-hybridized carbons (Fsp3) is 0.133. The number of carboxylic acid groups (broad SMARTS) is 1. The predicted molar refractivity (Wildman–Crippen MR) is 83.4 cm³/mol. The summed E-state index contributed by atoms with van der Waals surface area (Å²) in [5.41, 5.74) is 0.839. The molecule has 2 aromatic carbocycles. The van der Waals surface area contributed by atoms with Gasteiger partial charge in [-0.1, -0.05) is 23.7 Å². The van der Waals surface area contributed by atoms with Crippen molar-refractivity contribution < 1.29 is 19.4 Å². The number of rotatable bonds is 5. The van der Waals surface area contributed by atoms with Gasteiger partial charge < -0.3 is 14.6 Å². The molecule has 0 spiro atoms. The van der Waals surface area contributed by atoms with Crippen molar-refractivity contribution >= 4 is 33.5 Å². The first-order chi connectivity index (χ1) is 10.0. The molecule has 1 N–H and O–H groups in total. The summed E-state index contributed by atoms with van der Waals surface area (Å²) < 4.78 is 11.5. The highest BCUT2D eigenvalue weighted by Gasteiger charge is 2.15. The van der Waals surface area contributed by atoms with Crippen LogP contribution in [0.1, 0.15) is 15.9 Å². The van der Waals surface area contributed by atoms with E-state index >= 15 is 0 Å². The van der Waals surface area contributed by atoms with Crippen molar-refractivity contribution in [3.8, 4) is 11.5 Å². The zero-order valence-electron chi connectivity index (χ0n) is 11.1. The van der Waals surface area contributed by atoms with Gasteiger partial charge in [-0.2, -0.15) is 0 Å². The predicted octanol–water partition coefficient (Wildman–Crippen LogP) is 4.39. The van der Waals surface area contributed by atoms with Crippen molar-refractivity contribution in [1.82, 2.24) is 0 Å². The fourth-order valence-electron chi connectivity index (χ4n) is 1.79. The van der Waals surface area contributed by atoms with E-state index in [1.807, 2.05) is 12.1 Å². The third-order valence-corrected chi connectivity index (χ3v) is 3.73. The second kappa shape index (κ2) is 6.83. The summed E-state index contributed by atoms with van der Waals surface area (Å²) in [7, 11) is 1.58. The Morgan fingerprint density at radius 1 is 1.29 bits per heavy atom. The minimum absolute atomic E-state index is 0.0354. The zero-order chi connectivity index (χ0) is 15.4. The Labute approximate surface area is 135 Å². The Bertz CT molecular complexity index is 673. The molecule has 4 nitrogen and oxygen atoms in total. The lowest BCUT2D eigenvalue weighted by molar-refractivity contribution is 0.0692. The van der Waals surface area contributed by atoms with E-state index < -0.39 is 5.97 Å². The van der Waals surface area contributed by atoms with Gasteiger partial charge in [0.1, 0.15) is 23.7 Å². The number of carbonyl (C=O) groups is 1. The molecule has 6 heteroatoms. The molecule has 0 aliphatic carbocycles. The number of benzene rings is 2. The van der Waals surface area contributed by atoms with Gasteiger partial charge in [-0.3, -0.25) is 0 Å². The number of methoxy groups -OCH3 is 1. The van der Waals surface area contributed by atoms with Gasteiger partial charge in [0.25, 0.3) is 0 Å². The minimum Gasteiger partial charge on any atom is -0.496 e. The molecule has 0 saturated carbocycles. The maximum absolute atomic E-state index is 11.2. The Morgan fingerprint density at radius 3 is 2.67 bits per heavy atom. The van der Waals surface area contributed by atoms with Crippen LogP contribution < -0.4 is 9.47 Å². The Hall–Kier alpha value is -1.72. The van der Waals surface area contributed by atoms with E-state index in [1.54, 1.807) is 25.3 Å². The first kappa shape index (κ1) is 15.7. The van der Waals surface area contributed by atoms with Crippen LogP contribution in [0.5, 0.6) is 11.5 Å². The molecule has 0 aromatic heterocycles. The van der Waals surface area contributed by atoms with Crippen molar-refractivity contribution in [2.24, 2.45) is 0 Å². The van der Waals surface area contributed by atoms with Crippen molar-refractivity contribution in [2.75, 3.05) is 7.11 Å². The molecule has 2 aromatic rings. The Balaban J connectivity index is 2.19. The second-order valence-corrected chi connectivity index (χ2v) is 5.44. The van der Waals surface area contributed by atoms with Gasteiger partial charge in [0, 0.05) is 0 Å². The van der Waals surface area contributed by atoms with E-state index in [0.29, 0.717) is 5.75 Å². The molecule has 0 aliphatic rings. The molecule has 0 aliphatic heterocycles. The van der Waals surface area contributed by atoms with Crippen LogP contribution in [0.4, 0.5) is 0 Å². The van der Waals surface area contributed by atoms with E-state index in [9.17, 15) is 4.79 Å². The molecule has 110 valence electrons. The van der Waals surface area contributed by atoms with Gasteiger partial charge >= 0.3 is 5.97 Å². The molecule has 0 saturated heterocycles. The third kappa shape index (κ3) is 3.68. The lowest BCUT2D eigenvalue weighted by atomic mass is 10.2. The largest absolute Gasteiger partial charge is 0.496 e. The van der Waals surface area contributed by atoms with Crippen LogP contribution in [-0.2, 0) is 6.61 Å².